The second-order valence-electron chi connectivity index (χ2n) is 6.90. The first-order valence-electron chi connectivity index (χ1n) is 8.29. The fourth-order valence-electron chi connectivity index (χ4n) is 2.68. The smallest absolute Gasteiger partial charge is 0.226 e. The van der Waals surface area contributed by atoms with Crippen LogP contribution in [0.2, 0.25) is 0 Å². The van der Waals surface area contributed by atoms with Crippen molar-refractivity contribution in [3.63, 3.8) is 0 Å². The van der Waals surface area contributed by atoms with Crippen molar-refractivity contribution >= 4 is 16.9 Å². The highest BCUT2D eigenvalue weighted by Crippen LogP contribution is 2.35. The first-order valence-corrected chi connectivity index (χ1v) is 8.29. The van der Waals surface area contributed by atoms with Gasteiger partial charge in [0.05, 0.1) is 25.1 Å². The standard InChI is InChI=1S/C20H23N3O3/c1-20(2,3)26-18-14-10-12(6-8-15(14)22-19(21)23-18)13-7-9-16(24-4)17(11-13)25-5/h6-11H,1-5H3,(H2,21,22,23). The molecule has 0 saturated carbocycles. The van der Waals surface area contributed by atoms with Crippen molar-refractivity contribution in [3.05, 3.63) is 36.4 Å². The number of hydrogen-bond donors (Lipinski definition) is 1. The topological polar surface area (TPSA) is 79.5 Å². The van der Waals surface area contributed by atoms with Gasteiger partial charge in [-0.05, 0) is 56.2 Å². The van der Waals surface area contributed by atoms with Crippen LogP contribution in [0.5, 0.6) is 17.4 Å². The molecule has 0 fully saturated rings. The predicted octanol–water partition coefficient (Wildman–Crippen LogP) is 4.07. The van der Waals surface area contributed by atoms with Gasteiger partial charge in [-0.2, -0.15) is 4.98 Å². The van der Waals surface area contributed by atoms with Gasteiger partial charge in [0.2, 0.25) is 11.8 Å². The molecule has 0 saturated heterocycles. The van der Waals surface area contributed by atoms with Gasteiger partial charge in [0.1, 0.15) is 5.60 Å². The van der Waals surface area contributed by atoms with E-state index in [9.17, 15) is 0 Å². The van der Waals surface area contributed by atoms with Gasteiger partial charge < -0.3 is 19.9 Å². The van der Waals surface area contributed by atoms with E-state index in [1.807, 2.05) is 57.2 Å². The SMILES string of the molecule is COc1ccc(-c2ccc3nc(N)nc(OC(C)(C)C)c3c2)cc1OC. The predicted molar refractivity (Wildman–Crippen MR) is 103 cm³/mol. The third-order valence-corrected chi connectivity index (χ3v) is 3.80. The zero-order chi connectivity index (χ0) is 18.9. The summed E-state index contributed by atoms with van der Waals surface area (Å²) < 4.78 is 16.7. The van der Waals surface area contributed by atoms with E-state index < -0.39 is 5.60 Å². The Morgan fingerprint density at radius 1 is 0.846 bits per heavy atom. The highest BCUT2D eigenvalue weighted by atomic mass is 16.5. The molecule has 0 aliphatic carbocycles. The molecule has 26 heavy (non-hydrogen) atoms. The van der Waals surface area contributed by atoms with Gasteiger partial charge in [-0.1, -0.05) is 12.1 Å². The van der Waals surface area contributed by atoms with Crippen molar-refractivity contribution < 1.29 is 14.2 Å². The summed E-state index contributed by atoms with van der Waals surface area (Å²) in [6.45, 7) is 5.90. The van der Waals surface area contributed by atoms with E-state index in [1.165, 1.54) is 0 Å². The van der Waals surface area contributed by atoms with Crippen LogP contribution in [0.1, 0.15) is 20.8 Å². The van der Waals surface area contributed by atoms with E-state index in [0.717, 1.165) is 22.0 Å². The number of benzene rings is 2. The molecule has 1 heterocycles. The third kappa shape index (κ3) is 3.64. The summed E-state index contributed by atoms with van der Waals surface area (Å²) in [6.07, 6.45) is 0. The molecule has 0 radical (unpaired) electrons. The van der Waals surface area contributed by atoms with Crippen LogP contribution in [-0.4, -0.2) is 29.8 Å². The Morgan fingerprint density at radius 3 is 2.15 bits per heavy atom. The van der Waals surface area contributed by atoms with Crippen LogP contribution >= 0.6 is 0 Å². The largest absolute Gasteiger partial charge is 0.493 e. The second-order valence-corrected chi connectivity index (χ2v) is 6.90. The van der Waals surface area contributed by atoms with Crippen molar-refractivity contribution in [1.82, 2.24) is 9.97 Å². The lowest BCUT2D eigenvalue weighted by Gasteiger charge is -2.21. The van der Waals surface area contributed by atoms with Gasteiger partial charge in [0, 0.05) is 0 Å². The van der Waals surface area contributed by atoms with E-state index in [4.69, 9.17) is 19.9 Å². The minimum atomic E-state index is -0.396. The first-order chi connectivity index (χ1) is 12.3. The van der Waals surface area contributed by atoms with E-state index in [2.05, 4.69) is 9.97 Å². The molecule has 2 N–H and O–H groups in total. The zero-order valence-corrected chi connectivity index (χ0v) is 15.7. The summed E-state index contributed by atoms with van der Waals surface area (Å²) in [5.41, 5.74) is 8.15. The molecular weight excluding hydrogens is 330 g/mol. The molecule has 0 aliphatic rings. The number of methoxy groups -OCH3 is 2. The zero-order valence-electron chi connectivity index (χ0n) is 15.7. The lowest BCUT2D eigenvalue weighted by atomic mass is 10.0. The lowest BCUT2D eigenvalue weighted by Crippen LogP contribution is -2.24. The van der Waals surface area contributed by atoms with Gasteiger partial charge in [-0.25, -0.2) is 4.98 Å². The normalized spacial score (nSPS) is 11.4. The Balaban J connectivity index is 2.14. The van der Waals surface area contributed by atoms with Gasteiger partial charge in [0.15, 0.2) is 11.5 Å². The van der Waals surface area contributed by atoms with Gasteiger partial charge in [0.25, 0.3) is 0 Å². The van der Waals surface area contributed by atoms with Gasteiger partial charge in [-0.15, -0.1) is 0 Å². The number of nitrogens with zero attached hydrogens (tertiary/aromatic N) is 2. The summed E-state index contributed by atoms with van der Waals surface area (Å²) in [4.78, 5) is 8.59. The maximum absolute atomic E-state index is 5.99. The lowest BCUT2D eigenvalue weighted by molar-refractivity contribution is 0.126. The quantitative estimate of drug-likeness (QED) is 0.761. The highest BCUT2D eigenvalue weighted by Gasteiger charge is 2.17. The van der Waals surface area contributed by atoms with Gasteiger partial charge in [-0.3, -0.25) is 0 Å². The van der Waals surface area contributed by atoms with Crippen molar-refractivity contribution in [2.24, 2.45) is 0 Å². The maximum Gasteiger partial charge on any atom is 0.226 e. The molecule has 0 unspecified atom stereocenters. The van der Waals surface area contributed by atoms with Crippen molar-refractivity contribution in [2.45, 2.75) is 26.4 Å². The van der Waals surface area contributed by atoms with E-state index in [1.54, 1.807) is 14.2 Å². The summed E-state index contributed by atoms with van der Waals surface area (Å²) in [5, 5.41) is 0.807. The molecule has 0 aliphatic heterocycles. The first kappa shape index (κ1) is 17.8. The average Bonchev–Trinajstić information content (AvgIpc) is 2.59. The number of ether oxygens (including phenoxy) is 3. The van der Waals surface area contributed by atoms with Crippen LogP contribution in [-0.2, 0) is 0 Å². The molecule has 0 spiro atoms. The van der Waals surface area contributed by atoms with Crippen molar-refractivity contribution in [2.75, 3.05) is 20.0 Å². The number of nitrogens with two attached hydrogens (primary N) is 1. The molecule has 0 atom stereocenters. The molecule has 6 nitrogen and oxygen atoms in total. The fraction of sp³-hybridized carbons (Fsp3) is 0.300. The molecule has 3 aromatic rings. The monoisotopic (exact) mass is 353 g/mol. The second kappa shape index (κ2) is 6.71. The Hall–Kier alpha value is -3.02. The fourth-order valence-corrected chi connectivity index (χ4v) is 2.68. The minimum Gasteiger partial charge on any atom is -0.493 e. The molecule has 3 rings (SSSR count). The van der Waals surface area contributed by atoms with E-state index in [-0.39, 0.29) is 5.95 Å². The average molecular weight is 353 g/mol. The third-order valence-electron chi connectivity index (χ3n) is 3.80. The highest BCUT2D eigenvalue weighted by molar-refractivity contribution is 5.89. The summed E-state index contributed by atoms with van der Waals surface area (Å²) in [6, 6.07) is 11.7. The number of nitrogen functional groups attached to an aromatic ring is 1. The van der Waals surface area contributed by atoms with Crippen LogP contribution in [0.3, 0.4) is 0 Å². The molecule has 0 bridgehead atoms. The van der Waals surface area contributed by atoms with Crippen LogP contribution in [0.4, 0.5) is 5.95 Å². The van der Waals surface area contributed by atoms with Crippen LogP contribution < -0.4 is 19.9 Å². The Morgan fingerprint density at radius 2 is 1.50 bits per heavy atom. The number of rotatable bonds is 4. The molecule has 6 heteroatoms. The van der Waals surface area contributed by atoms with Crippen LogP contribution in [0, 0.1) is 0 Å². The summed E-state index contributed by atoms with van der Waals surface area (Å²) in [5.74, 6) is 2.02. The number of hydrogen-bond acceptors (Lipinski definition) is 6. The summed E-state index contributed by atoms with van der Waals surface area (Å²) in [7, 11) is 3.24. The molecule has 2 aromatic carbocycles. The molecule has 1 aromatic heterocycles. The van der Waals surface area contributed by atoms with Gasteiger partial charge >= 0.3 is 0 Å². The summed E-state index contributed by atoms with van der Waals surface area (Å²) >= 11 is 0. The number of fused-ring (bicyclic) bond motifs is 1. The maximum atomic E-state index is 5.99. The Kier molecular flexibility index (Phi) is 4.59. The molecule has 0 amide bonds. The van der Waals surface area contributed by atoms with E-state index in [0.29, 0.717) is 17.4 Å². The van der Waals surface area contributed by atoms with Crippen molar-refractivity contribution in [1.29, 1.82) is 0 Å². The number of aromatic nitrogens is 2. The molecular formula is C20H23N3O3. The number of anilines is 1. The van der Waals surface area contributed by atoms with Crippen molar-refractivity contribution in [3.8, 4) is 28.5 Å². The van der Waals surface area contributed by atoms with Crippen LogP contribution in [0.25, 0.3) is 22.0 Å². The minimum absolute atomic E-state index is 0.190. The Bertz CT molecular complexity index is 949. The van der Waals surface area contributed by atoms with Crippen LogP contribution in [0.15, 0.2) is 36.4 Å². The molecule has 136 valence electrons. The Labute approximate surface area is 152 Å². The van der Waals surface area contributed by atoms with E-state index >= 15 is 0 Å².